The van der Waals surface area contributed by atoms with Crippen LogP contribution in [-0.4, -0.2) is 69.4 Å². The number of amides is 1. The Bertz CT molecular complexity index is 1310. The lowest BCUT2D eigenvalue weighted by Gasteiger charge is -2.30. The highest BCUT2D eigenvalue weighted by Gasteiger charge is 2.27. The fourth-order valence-electron chi connectivity index (χ4n) is 8.04. The van der Waals surface area contributed by atoms with Crippen LogP contribution in [0.2, 0.25) is 0 Å². The molecule has 9 nitrogen and oxygen atoms in total. The molecule has 0 fully saturated rings. The number of phosphoric acid groups is 1. The Labute approximate surface area is 420 Å². The fraction of sp³-hybridized carbons (Fsp3) is 0.828. The number of unbranched alkanes of at least 4 members (excludes halogenated alkanes) is 30. The van der Waals surface area contributed by atoms with Gasteiger partial charge in [0, 0.05) is 12.8 Å². The zero-order valence-electron chi connectivity index (χ0n) is 45.3. The van der Waals surface area contributed by atoms with Gasteiger partial charge in [0.15, 0.2) is 0 Å². The average Bonchev–Trinajstić information content (AvgIpc) is 3.29. The third-order valence-corrected chi connectivity index (χ3v) is 13.5. The molecule has 3 unspecified atom stereocenters. The predicted octanol–water partition coefficient (Wildman–Crippen LogP) is 16.3. The standard InChI is InChI=1S/C58H109N2O7P/c1-7-10-13-16-19-22-25-28-30-32-35-38-41-44-47-50-57(61)59-55(54-66-68(63,64)65-53-52-60(4,5)6)56(49-46-43-40-37-34-31-27-24-21-18-15-12-9-3)67-58(62)51-48-45-42-39-36-33-29-26-23-20-17-14-11-8-2/h19,22,25,28,33,36,46,49,55-56H,7-18,20-21,23-24,26-27,29-32,34-35,37-45,47-48,50-54H2,1-6H3,(H-,59,61,63,64)/b22-19+,28-25+,36-33-,49-46+. The molecule has 0 aromatic heterocycles. The third-order valence-electron chi connectivity index (χ3n) is 12.5. The van der Waals surface area contributed by atoms with Crippen molar-refractivity contribution < 1.29 is 37.3 Å². The van der Waals surface area contributed by atoms with Crippen molar-refractivity contribution in [2.45, 2.75) is 270 Å². The van der Waals surface area contributed by atoms with E-state index in [-0.39, 0.29) is 24.9 Å². The summed E-state index contributed by atoms with van der Waals surface area (Å²) in [5.41, 5.74) is 0. The van der Waals surface area contributed by atoms with E-state index < -0.39 is 26.6 Å². The smallest absolute Gasteiger partial charge is 0.306 e. The Morgan fingerprint density at radius 2 is 0.897 bits per heavy atom. The number of nitrogens with zero attached hydrogens (tertiary/aromatic N) is 1. The maximum Gasteiger partial charge on any atom is 0.306 e. The minimum absolute atomic E-state index is 0.0270. The molecule has 0 aliphatic heterocycles. The lowest BCUT2D eigenvalue weighted by atomic mass is 10.0. The van der Waals surface area contributed by atoms with Gasteiger partial charge in [-0.15, -0.1) is 0 Å². The molecule has 0 spiro atoms. The van der Waals surface area contributed by atoms with Crippen molar-refractivity contribution in [3.63, 3.8) is 0 Å². The zero-order valence-corrected chi connectivity index (χ0v) is 46.2. The molecule has 68 heavy (non-hydrogen) atoms. The van der Waals surface area contributed by atoms with E-state index in [9.17, 15) is 19.0 Å². The van der Waals surface area contributed by atoms with Crippen LogP contribution in [0.1, 0.15) is 258 Å². The summed E-state index contributed by atoms with van der Waals surface area (Å²) in [6, 6.07) is -0.898. The summed E-state index contributed by atoms with van der Waals surface area (Å²) < 4.78 is 30.2. The summed E-state index contributed by atoms with van der Waals surface area (Å²) in [5, 5.41) is 3.01. The van der Waals surface area contributed by atoms with Crippen molar-refractivity contribution in [3.8, 4) is 0 Å². The van der Waals surface area contributed by atoms with Crippen molar-refractivity contribution >= 4 is 19.7 Å². The van der Waals surface area contributed by atoms with E-state index in [1.54, 1.807) is 0 Å². The van der Waals surface area contributed by atoms with Crippen LogP contribution in [0.15, 0.2) is 48.6 Å². The number of phosphoric ester groups is 1. The Kier molecular flexibility index (Phi) is 47.1. The first kappa shape index (κ1) is 66.0. The van der Waals surface area contributed by atoms with Gasteiger partial charge in [-0.25, -0.2) is 0 Å². The summed E-state index contributed by atoms with van der Waals surface area (Å²) in [5.74, 6) is -0.569. The molecule has 1 amide bonds. The summed E-state index contributed by atoms with van der Waals surface area (Å²) in [7, 11) is 1.17. The number of hydrogen-bond acceptors (Lipinski definition) is 7. The molecule has 398 valence electrons. The Balaban J connectivity index is 5.43. The first-order valence-corrected chi connectivity index (χ1v) is 29.9. The number of esters is 1. The van der Waals surface area contributed by atoms with Gasteiger partial charge in [0.2, 0.25) is 5.91 Å². The van der Waals surface area contributed by atoms with Crippen LogP contribution in [0.4, 0.5) is 0 Å². The number of likely N-dealkylation sites (N-methyl/N-ethyl adjacent to an activating group) is 1. The molecule has 0 saturated carbocycles. The van der Waals surface area contributed by atoms with Crippen LogP contribution >= 0.6 is 7.82 Å². The minimum atomic E-state index is -4.70. The van der Waals surface area contributed by atoms with Gasteiger partial charge in [0.1, 0.15) is 19.3 Å². The molecule has 0 heterocycles. The van der Waals surface area contributed by atoms with Gasteiger partial charge in [-0.2, -0.15) is 0 Å². The Hall–Kier alpha value is -2.03. The van der Waals surface area contributed by atoms with Gasteiger partial charge in [-0.05, 0) is 83.1 Å². The molecule has 0 radical (unpaired) electrons. The van der Waals surface area contributed by atoms with E-state index in [1.807, 2.05) is 33.3 Å². The molecule has 0 bridgehead atoms. The van der Waals surface area contributed by atoms with Crippen molar-refractivity contribution in [1.29, 1.82) is 0 Å². The minimum Gasteiger partial charge on any atom is -0.756 e. The maximum atomic E-state index is 13.5. The number of carbonyl (C=O) groups excluding carboxylic acids is 2. The third kappa shape index (κ3) is 49.0. The van der Waals surface area contributed by atoms with Crippen LogP contribution < -0.4 is 10.2 Å². The van der Waals surface area contributed by atoms with E-state index in [0.717, 1.165) is 96.3 Å². The molecule has 0 rings (SSSR count). The Morgan fingerprint density at radius 3 is 1.38 bits per heavy atom. The molecule has 1 N–H and O–H groups in total. The molecule has 0 aromatic carbocycles. The second-order valence-corrected chi connectivity index (χ2v) is 21.9. The number of carbonyl (C=O) groups is 2. The van der Waals surface area contributed by atoms with Gasteiger partial charge in [-0.3, -0.25) is 14.2 Å². The van der Waals surface area contributed by atoms with Crippen molar-refractivity contribution in [2.75, 3.05) is 40.9 Å². The summed E-state index contributed by atoms with van der Waals surface area (Å²) >= 11 is 0. The van der Waals surface area contributed by atoms with Gasteiger partial charge in [0.05, 0.1) is 33.8 Å². The van der Waals surface area contributed by atoms with Crippen molar-refractivity contribution in [3.05, 3.63) is 48.6 Å². The van der Waals surface area contributed by atoms with Gasteiger partial charge in [0.25, 0.3) is 7.82 Å². The van der Waals surface area contributed by atoms with Crippen molar-refractivity contribution in [2.24, 2.45) is 0 Å². The predicted molar refractivity (Wildman–Crippen MR) is 289 cm³/mol. The molecular weight excluding hydrogens is 868 g/mol. The van der Waals surface area contributed by atoms with Gasteiger partial charge in [-0.1, -0.05) is 211 Å². The first-order valence-electron chi connectivity index (χ1n) is 28.5. The number of nitrogens with one attached hydrogen (secondary N) is 1. The summed E-state index contributed by atoms with van der Waals surface area (Å²) in [6.45, 7) is 6.79. The largest absolute Gasteiger partial charge is 0.756 e. The topological polar surface area (TPSA) is 114 Å². The molecule has 10 heteroatoms. The quantitative estimate of drug-likeness (QED) is 0.0161. The van der Waals surface area contributed by atoms with Crippen LogP contribution in [0.25, 0.3) is 0 Å². The number of quaternary nitrogens is 1. The van der Waals surface area contributed by atoms with Crippen LogP contribution in [0.5, 0.6) is 0 Å². The molecular formula is C58H109N2O7P. The van der Waals surface area contributed by atoms with E-state index in [2.05, 4.69) is 62.5 Å². The van der Waals surface area contributed by atoms with Crippen LogP contribution in [0.3, 0.4) is 0 Å². The normalized spacial score (nSPS) is 14.2. The number of ether oxygens (including phenoxy) is 1. The molecule has 0 aromatic rings. The summed E-state index contributed by atoms with van der Waals surface area (Å²) in [4.78, 5) is 39.8. The molecule has 0 aliphatic rings. The maximum absolute atomic E-state index is 13.5. The highest BCUT2D eigenvalue weighted by molar-refractivity contribution is 7.45. The fourth-order valence-corrected chi connectivity index (χ4v) is 8.76. The number of rotatable bonds is 51. The second kappa shape index (κ2) is 48.6. The van der Waals surface area contributed by atoms with E-state index in [4.69, 9.17) is 13.8 Å². The average molecular weight is 977 g/mol. The number of hydrogen-bond donors (Lipinski definition) is 1. The second-order valence-electron chi connectivity index (χ2n) is 20.5. The van der Waals surface area contributed by atoms with E-state index in [0.29, 0.717) is 23.9 Å². The highest BCUT2D eigenvalue weighted by atomic mass is 31.2. The van der Waals surface area contributed by atoms with Crippen LogP contribution in [-0.2, 0) is 27.9 Å². The lowest BCUT2D eigenvalue weighted by molar-refractivity contribution is -0.870. The van der Waals surface area contributed by atoms with Crippen molar-refractivity contribution in [1.82, 2.24) is 5.32 Å². The van der Waals surface area contributed by atoms with Crippen LogP contribution in [0, 0.1) is 0 Å². The first-order chi connectivity index (χ1) is 32.9. The van der Waals surface area contributed by atoms with Gasteiger partial charge < -0.3 is 28.5 Å². The molecule has 0 saturated heterocycles. The van der Waals surface area contributed by atoms with E-state index in [1.165, 1.54) is 122 Å². The summed E-state index contributed by atoms with van der Waals surface area (Å²) in [6.07, 6.45) is 57.8. The highest BCUT2D eigenvalue weighted by Crippen LogP contribution is 2.38. The lowest BCUT2D eigenvalue weighted by Crippen LogP contribution is -2.47. The zero-order chi connectivity index (χ0) is 50.1. The van der Waals surface area contributed by atoms with E-state index >= 15 is 0 Å². The van der Waals surface area contributed by atoms with Gasteiger partial charge >= 0.3 is 5.97 Å². The number of allylic oxidation sites excluding steroid dienone is 7. The molecule has 0 aliphatic carbocycles. The SMILES string of the molecule is CCCCC/C=C/C=C/CCCCCCCCC(=O)NC(COP(=O)([O-])OCC[N+](C)(C)C)C(/C=C/CCCCCCCCCCCCC)OC(=O)CCCCC/C=C\CCCCCCCCC. The monoisotopic (exact) mass is 977 g/mol. The Morgan fingerprint density at radius 1 is 0.515 bits per heavy atom. The molecule has 3 atom stereocenters.